The predicted octanol–water partition coefficient (Wildman–Crippen LogP) is 2.13. The molecule has 0 bridgehead atoms. The van der Waals surface area contributed by atoms with Crippen LogP contribution < -0.4 is 5.73 Å². The molecule has 0 saturated heterocycles. The van der Waals surface area contributed by atoms with E-state index in [1.165, 1.54) is 0 Å². The third-order valence-electron chi connectivity index (χ3n) is 3.41. The third-order valence-corrected chi connectivity index (χ3v) is 3.41. The average molecular weight is 343 g/mol. The molecule has 2 aromatic heterocycles. The van der Waals surface area contributed by atoms with E-state index in [0.717, 1.165) is 0 Å². The Morgan fingerprint density at radius 3 is 2.78 bits per heavy atom. The molecule has 0 aliphatic carbocycles. The van der Waals surface area contributed by atoms with Gasteiger partial charge in [0.2, 0.25) is 17.6 Å². The maximum absolute atomic E-state index is 12.1. The summed E-state index contributed by atoms with van der Waals surface area (Å²) in [4.78, 5) is 18.0. The zero-order valence-corrected chi connectivity index (χ0v) is 14.4. The Balaban J connectivity index is 0.00000264. The lowest BCUT2D eigenvalue weighted by molar-refractivity contribution is -0.131. The fourth-order valence-electron chi connectivity index (χ4n) is 2.06. The Hall–Kier alpha value is -1.86. The molecule has 8 heteroatoms. The number of hydrogen-bond donors (Lipinski definition) is 1. The molecule has 23 heavy (non-hydrogen) atoms. The van der Waals surface area contributed by atoms with Crippen LogP contribution in [0.4, 0.5) is 0 Å². The van der Waals surface area contributed by atoms with Crippen LogP contribution in [0.1, 0.15) is 26.2 Å². The largest absolute Gasteiger partial charge is 0.461 e. The number of aromatic nitrogens is 2. The molecule has 128 valence electrons. The average Bonchev–Trinajstić information content (AvgIpc) is 3.14. The maximum atomic E-state index is 12.1. The normalized spacial score (nSPS) is 11.1. The molecule has 0 fully saturated rings. The van der Waals surface area contributed by atoms with E-state index >= 15 is 0 Å². The van der Waals surface area contributed by atoms with Gasteiger partial charge in [-0.25, -0.2) is 0 Å². The van der Waals surface area contributed by atoms with Crippen LogP contribution in [-0.2, 0) is 11.2 Å². The Morgan fingerprint density at radius 1 is 1.43 bits per heavy atom. The molecule has 0 atom stereocenters. The van der Waals surface area contributed by atoms with E-state index in [2.05, 4.69) is 10.1 Å². The van der Waals surface area contributed by atoms with Gasteiger partial charge in [-0.05, 0) is 24.1 Å². The van der Waals surface area contributed by atoms with Crippen molar-refractivity contribution in [1.29, 1.82) is 0 Å². The van der Waals surface area contributed by atoms with Crippen LogP contribution in [0.2, 0.25) is 0 Å². The highest BCUT2D eigenvalue weighted by atomic mass is 35.5. The molecule has 1 amide bonds. The molecule has 0 aliphatic heterocycles. The highest BCUT2D eigenvalue weighted by molar-refractivity contribution is 5.85. The summed E-state index contributed by atoms with van der Waals surface area (Å²) < 4.78 is 10.3. The molecule has 0 spiro atoms. The SMILES string of the molecule is CN(CC(C)(C)CN)C(=O)CCc1nc(-c2ccco2)no1.Cl. The predicted molar refractivity (Wildman–Crippen MR) is 88.0 cm³/mol. The molecule has 2 rings (SSSR count). The van der Waals surface area contributed by atoms with Gasteiger partial charge in [0.15, 0.2) is 5.76 Å². The molecule has 0 unspecified atom stereocenters. The summed E-state index contributed by atoms with van der Waals surface area (Å²) in [6.07, 6.45) is 2.26. The summed E-state index contributed by atoms with van der Waals surface area (Å²) in [5.74, 6) is 1.39. The van der Waals surface area contributed by atoms with E-state index < -0.39 is 0 Å². The molecular weight excluding hydrogens is 320 g/mol. The molecule has 0 aliphatic rings. The number of furan rings is 1. The van der Waals surface area contributed by atoms with Gasteiger partial charge in [0, 0.05) is 26.4 Å². The van der Waals surface area contributed by atoms with Crippen molar-refractivity contribution in [3.63, 3.8) is 0 Å². The zero-order valence-electron chi connectivity index (χ0n) is 13.6. The standard InChI is InChI=1S/C15H22N4O3.ClH/c1-15(2,9-16)10-19(3)13(20)7-6-12-17-14(18-22-12)11-5-4-8-21-11;/h4-5,8H,6-7,9-10,16H2,1-3H3;1H. The molecule has 2 aromatic rings. The van der Waals surface area contributed by atoms with Crippen molar-refractivity contribution in [3.8, 4) is 11.6 Å². The van der Waals surface area contributed by atoms with Gasteiger partial charge in [-0.2, -0.15) is 4.98 Å². The lowest BCUT2D eigenvalue weighted by Gasteiger charge is -2.29. The minimum absolute atomic E-state index is 0. The first kappa shape index (κ1) is 19.2. The van der Waals surface area contributed by atoms with Crippen molar-refractivity contribution in [3.05, 3.63) is 24.3 Å². The van der Waals surface area contributed by atoms with Gasteiger partial charge >= 0.3 is 0 Å². The van der Waals surface area contributed by atoms with Crippen molar-refractivity contribution in [2.45, 2.75) is 26.7 Å². The van der Waals surface area contributed by atoms with Gasteiger partial charge in [0.1, 0.15) is 0 Å². The third kappa shape index (κ3) is 5.37. The topological polar surface area (TPSA) is 98.4 Å². The van der Waals surface area contributed by atoms with Gasteiger partial charge in [-0.3, -0.25) is 4.79 Å². The Morgan fingerprint density at radius 2 is 2.17 bits per heavy atom. The number of carbonyl (C=O) groups is 1. The van der Waals surface area contributed by atoms with Crippen molar-refractivity contribution in [2.24, 2.45) is 11.1 Å². The Bertz CT molecular complexity index is 610. The molecule has 2 heterocycles. The number of carbonyl (C=O) groups excluding carboxylic acids is 1. The van der Waals surface area contributed by atoms with Crippen molar-refractivity contribution in [2.75, 3.05) is 20.1 Å². The number of aryl methyl sites for hydroxylation is 1. The number of nitrogens with two attached hydrogens (primary N) is 1. The number of halogens is 1. The van der Waals surface area contributed by atoms with Crippen LogP contribution >= 0.6 is 12.4 Å². The first-order valence-corrected chi connectivity index (χ1v) is 7.22. The van der Waals surface area contributed by atoms with Crippen LogP contribution in [0, 0.1) is 5.41 Å². The van der Waals surface area contributed by atoms with Gasteiger partial charge in [0.05, 0.1) is 6.26 Å². The Kier molecular flexibility index (Phi) is 6.78. The van der Waals surface area contributed by atoms with Gasteiger partial charge in [0.25, 0.3) is 0 Å². The summed E-state index contributed by atoms with van der Waals surface area (Å²) in [5.41, 5.74) is 5.59. The van der Waals surface area contributed by atoms with Gasteiger partial charge in [-0.15, -0.1) is 12.4 Å². The second-order valence-corrected chi connectivity index (χ2v) is 6.11. The number of nitrogens with zero attached hydrogens (tertiary/aromatic N) is 3. The van der Waals surface area contributed by atoms with E-state index in [0.29, 0.717) is 43.4 Å². The fraction of sp³-hybridized carbons (Fsp3) is 0.533. The molecule has 0 radical (unpaired) electrons. The summed E-state index contributed by atoms with van der Waals surface area (Å²) in [5, 5.41) is 3.83. The van der Waals surface area contributed by atoms with Crippen LogP contribution in [-0.4, -0.2) is 41.1 Å². The lowest BCUT2D eigenvalue weighted by atomic mass is 9.93. The van der Waals surface area contributed by atoms with E-state index in [4.69, 9.17) is 14.7 Å². The minimum atomic E-state index is -0.0959. The highest BCUT2D eigenvalue weighted by Crippen LogP contribution is 2.17. The summed E-state index contributed by atoms with van der Waals surface area (Å²) >= 11 is 0. The number of hydrogen-bond acceptors (Lipinski definition) is 6. The van der Waals surface area contributed by atoms with E-state index in [1.807, 2.05) is 13.8 Å². The second-order valence-electron chi connectivity index (χ2n) is 6.11. The second kappa shape index (κ2) is 8.12. The van der Waals surface area contributed by atoms with E-state index in [-0.39, 0.29) is 23.7 Å². The lowest BCUT2D eigenvalue weighted by Crippen LogP contribution is -2.39. The van der Waals surface area contributed by atoms with Crippen LogP contribution in [0.5, 0.6) is 0 Å². The van der Waals surface area contributed by atoms with E-state index in [9.17, 15) is 4.79 Å². The first-order chi connectivity index (χ1) is 10.4. The smallest absolute Gasteiger partial charge is 0.238 e. The zero-order chi connectivity index (χ0) is 16.2. The van der Waals surface area contributed by atoms with E-state index in [1.54, 1.807) is 30.3 Å². The summed E-state index contributed by atoms with van der Waals surface area (Å²) in [7, 11) is 1.78. The molecule has 2 N–H and O–H groups in total. The maximum Gasteiger partial charge on any atom is 0.238 e. The molecule has 0 saturated carbocycles. The summed E-state index contributed by atoms with van der Waals surface area (Å²) in [6, 6.07) is 3.51. The van der Waals surface area contributed by atoms with Crippen molar-refractivity contribution >= 4 is 18.3 Å². The van der Waals surface area contributed by atoms with Crippen LogP contribution in [0.15, 0.2) is 27.3 Å². The van der Waals surface area contributed by atoms with Crippen LogP contribution in [0.3, 0.4) is 0 Å². The van der Waals surface area contributed by atoms with Crippen molar-refractivity contribution in [1.82, 2.24) is 15.0 Å². The van der Waals surface area contributed by atoms with Crippen LogP contribution in [0.25, 0.3) is 11.6 Å². The van der Waals surface area contributed by atoms with Crippen molar-refractivity contribution < 1.29 is 13.7 Å². The minimum Gasteiger partial charge on any atom is -0.461 e. The van der Waals surface area contributed by atoms with Gasteiger partial charge in [-0.1, -0.05) is 19.0 Å². The number of amides is 1. The monoisotopic (exact) mass is 342 g/mol. The molecule has 0 aromatic carbocycles. The summed E-state index contributed by atoms with van der Waals surface area (Å²) in [6.45, 7) is 5.21. The fourth-order valence-corrected chi connectivity index (χ4v) is 2.06. The molecule has 7 nitrogen and oxygen atoms in total. The quantitative estimate of drug-likeness (QED) is 0.827. The first-order valence-electron chi connectivity index (χ1n) is 7.22. The van der Waals surface area contributed by atoms with Gasteiger partial charge < -0.3 is 19.6 Å². The Labute approximate surface area is 141 Å². The highest BCUT2D eigenvalue weighted by Gasteiger charge is 2.21. The molecular formula is C15H23ClN4O3. The number of rotatable bonds is 7.